The number of hydrogen-bond donors (Lipinski definition) is 1. The molecule has 3 atom stereocenters. The molecule has 0 radical (unpaired) electrons. The van der Waals surface area contributed by atoms with E-state index in [-0.39, 0.29) is 18.1 Å². The Bertz CT molecular complexity index is 245. The molecule has 1 aliphatic rings. The first kappa shape index (κ1) is 13.8. The molecule has 1 rings (SSSR count). The fourth-order valence-corrected chi connectivity index (χ4v) is 2.41. The molecule has 0 bridgehead atoms. The summed E-state index contributed by atoms with van der Waals surface area (Å²) in [5, 5.41) is 3.94. The van der Waals surface area contributed by atoms with Gasteiger partial charge in [-0.25, -0.2) is 0 Å². The Morgan fingerprint density at radius 1 is 1.44 bits per heavy atom. The zero-order chi connectivity index (χ0) is 12.3. The summed E-state index contributed by atoms with van der Waals surface area (Å²) in [6.45, 7) is 9.43. The summed E-state index contributed by atoms with van der Waals surface area (Å²) in [6.07, 6.45) is 3.19. The number of nitrogens with zero attached hydrogens (tertiary/aromatic N) is 1. The van der Waals surface area contributed by atoms with Gasteiger partial charge in [0.05, 0.1) is 12.2 Å². The second kappa shape index (κ2) is 5.92. The first-order chi connectivity index (χ1) is 7.51. The molecule has 1 fully saturated rings. The number of hydrogen-bond acceptors (Lipinski definition) is 3. The third-order valence-corrected chi connectivity index (χ3v) is 4.14. The van der Waals surface area contributed by atoms with Crippen LogP contribution in [0.5, 0.6) is 0 Å². The van der Waals surface area contributed by atoms with Gasteiger partial charge in [0.15, 0.2) is 0 Å². The van der Waals surface area contributed by atoms with Crippen LogP contribution in [0.4, 0.5) is 0 Å². The van der Waals surface area contributed by atoms with E-state index in [1.54, 1.807) is 0 Å². The van der Waals surface area contributed by atoms with Gasteiger partial charge in [0.1, 0.15) is 0 Å². The number of carbonyl (C=O) groups is 1. The van der Waals surface area contributed by atoms with E-state index in [0.717, 1.165) is 13.0 Å². The molecule has 0 aromatic rings. The summed E-state index contributed by atoms with van der Waals surface area (Å²) in [4.78, 5) is 14.2. The largest absolute Gasteiger partial charge is 0.324 e. The van der Waals surface area contributed by atoms with Crippen LogP contribution in [-0.2, 0) is 4.79 Å². The molecule has 0 aromatic heterocycles. The molecule has 0 saturated carbocycles. The van der Waals surface area contributed by atoms with Crippen molar-refractivity contribution in [3.63, 3.8) is 0 Å². The van der Waals surface area contributed by atoms with Gasteiger partial charge in [-0.3, -0.25) is 10.1 Å². The van der Waals surface area contributed by atoms with E-state index in [1.165, 1.54) is 0 Å². The highest BCUT2D eigenvalue weighted by atomic mass is 32.2. The number of carbonyl (C=O) groups excluding carboxylic acids is 1. The van der Waals surface area contributed by atoms with E-state index in [1.807, 2.05) is 16.7 Å². The van der Waals surface area contributed by atoms with E-state index in [4.69, 9.17) is 0 Å². The summed E-state index contributed by atoms with van der Waals surface area (Å²) < 4.78 is 0. The molecular formula is C12H24N2OS. The zero-order valence-electron chi connectivity index (χ0n) is 11.0. The lowest BCUT2D eigenvalue weighted by Crippen LogP contribution is -2.43. The summed E-state index contributed by atoms with van der Waals surface area (Å²) in [5.41, 5.74) is 0. The molecule has 1 N–H and O–H groups in total. The van der Waals surface area contributed by atoms with Crippen LogP contribution >= 0.6 is 11.8 Å². The fraction of sp³-hybridized carbons (Fsp3) is 0.917. The lowest BCUT2D eigenvalue weighted by molar-refractivity contribution is -0.130. The molecule has 3 unspecified atom stereocenters. The Labute approximate surface area is 103 Å². The van der Waals surface area contributed by atoms with Gasteiger partial charge in [-0.05, 0) is 18.6 Å². The zero-order valence-corrected chi connectivity index (χ0v) is 11.8. The SMILES string of the molecule is CCC1NC(C(C)C)N(CC(C)SC)C1=O. The van der Waals surface area contributed by atoms with E-state index < -0.39 is 0 Å². The quantitative estimate of drug-likeness (QED) is 0.802. The third kappa shape index (κ3) is 2.92. The van der Waals surface area contributed by atoms with Gasteiger partial charge in [-0.2, -0.15) is 11.8 Å². The number of amides is 1. The Balaban J connectivity index is 2.72. The van der Waals surface area contributed by atoms with Crippen molar-refractivity contribution in [2.24, 2.45) is 5.92 Å². The number of nitrogens with one attached hydrogen (secondary N) is 1. The minimum Gasteiger partial charge on any atom is -0.324 e. The average Bonchev–Trinajstić information content (AvgIpc) is 2.56. The predicted octanol–water partition coefficient (Wildman–Crippen LogP) is 1.93. The Kier molecular flexibility index (Phi) is 5.12. The molecule has 4 heteroatoms. The fourth-order valence-electron chi connectivity index (χ4n) is 2.10. The number of thioether (sulfide) groups is 1. The summed E-state index contributed by atoms with van der Waals surface area (Å²) >= 11 is 1.81. The second-order valence-electron chi connectivity index (χ2n) is 4.85. The highest BCUT2D eigenvalue weighted by molar-refractivity contribution is 7.99. The minimum absolute atomic E-state index is 0.0291. The van der Waals surface area contributed by atoms with Gasteiger partial charge in [-0.1, -0.05) is 27.7 Å². The maximum absolute atomic E-state index is 12.2. The van der Waals surface area contributed by atoms with Crippen LogP contribution in [0.25, 0.3) is 0 Å². The van der Waals surface area contributed by atoms with Crippen LogP contribution < -0.4 is 5.32 Å². The molecule has 16 heavy (non-hydrogen) atoms. The molecule has 1 saturated heterocycles. The number of rotatable bonds is 5. The van der Waals surface area contributed by atoms with E-state index in [0.29, 0.717) is 11.2 Å². The molecule has 3 nitrogen and oxygen atoms in total. The van der Waals surface area contributed by atoms with Crippen LogP contribution in [0.2, 0.25) is 0 Å². The van der Waals surface area contributed by atoms with Crippen LogP contribution in [0.1, 0.15) is 34.1 Å². The van der Waals surface area contributed by atoms with Gasteiger partial charge in [0.2, 0.25) is 5.91 Å². The molecule has 1 aliphatic heterocycles. The van der Waals surface area contributed by atoms with Crippen LogP contribution in [0.3, 0.4) is 0 Å². The maximum Gasteiger partial charge on any atom is 0.241 e. The van der Waals surface area contributed by atoms with Gasteiger partial charge in [0.25, 0.3) is 0 Å². The van der Waals surface area contributed by atoms with Crippen molar-refractivity contribution in [1.29, 1.82) is 0 Å². The topological polar surface area (TPSA) is 32.3 Å². The van der Waals surface area contributed by atoms with Crippen molar-refractivity contribution in [1.82, 2.24) is 10.2 Å². The lowest BCUT2D eigenvalue weighted by Gasteiger charge is -2.29. The first-order valence-electron chi connectivity index (χ1n) is 6.10. The van der Waals surface area contributed by atoms with Crippen molar-refractivity contribution < 1.29 is 4.79 Å². The standard InChI is InChI=1S/C12H24N2OS/c1-6-10-12(15)14(7-9(4)16-5)11(13-10)8(2)3/h8-11,13H,6-7H2,1-5H3. The van der Waals surface area contributed by atoms with Crippen LogP contribution in [0, 0.1) is 5.92 Å². The molecule has 1 amide bonds. The van der Waals surface area contributed by atoms with Gasteiger partial charge < -0.3 is 4.90 Å². The van der Waals surface area contributed by atoms with E-state index >= 15 is 0 Å². The highest BCUT2D eigenvalue weighted by Crippen LogP contribution is 2.21. The van der Waals surface area contributed by atoms with E-state index in [9.17, 15) is 4.79 Å². The normalized spacial score (nSPS) is 27.9. The minimum atomic E-state index is 0.0291. The average molecular weight is 244 g/mol. The van der Waals surface area contributed by atoms with Crippen molar-refractivity contribution in [3.8, 4) is 0 Å². The summed E-state index contributed by atoms with van der Waals surface area (Å²) in [6, 6.07) is 0.0291. The molecule has 1 heterocycles. The Hall–Kier alpha value is -0.220. The second-order valence-corrected chi connectivity index (χ2v) is 6.13. The van der Waals surface area contributed by atoms with Crippen LogP contribution in [-0.4, -0.2) is 41.1 Å². The van der Waals surface area contributed by atoms with Gasteiger partial charge in [-0.15, -0.1) is 0 Å². The molecule has 0 spiro atoms. The molecule has 0 aromatic carbocycles. The maximum atomic E-state index is 12.2. The predicted molar refractivity (Wildman–Crippen MR) is 70.5 cm³/mol. The Morgan fingerprint density at radius 3 is 2.50 bits per heavy atom. The van der Waals surface area contributed by atoms with Gasteiger partial charge >= 0.3 is 0 Å². The van der Waals surface area contributed by atoms with Crippen molar-refractivity contribution in [2.75, 3.05) is 12.8 Å². The summed E-state index contributed by atoms with van der Waals surface area (Å²) in [7, 11) is 0. The molecular weight excluding hydrogens is 220 g/mol. The molecule has 94 valence electrons. The summed E-state index contributed by atoms with van der Waals surface area (Å²) in [5.74, 6) is 0.747. The van der Waals surface area contributed by atoms with E-state index in [2.05, 4.69) is 39.3 Å². The highest BCUT2D eigenvalue weighted by Gasteiger charge is 2.39. The van der Waals surface area contributed by atoms with Crippen molar-refractivity contribution in [2.45, 2.75) is 51.6 Å². The lowest BCUT2D eigenvalue weighted by atomic mass is 10.1. The monoisotopic (exact) mass is 244 g/mol. The smallest absolute Gasteiger partial charge is 0.241 e. The van der Waals surface area contributed by atoms with Crippen molar-refractivity contribution in [3.05, 3.63) is 0 Å². The Morgan fingerprint density at radius 2 is 2.06 bits per heavy atom. The molecule has 0 aliphatic carbocycles. The van der Waals surface area contributed by atoms with Crippen molar-refractivity contribution >= 4 is 17.7 Å². The van der Waals surface area contributed by atoms with Gasteiger partial charge in [0, 0.05) is 11.8 Å². The van der Waals surface area contributed by atoms with Crippen LogP contribution in [0.15, 0.2) is 0 Å². The third-order valence-electron chi connectivity index (χ3n) is 3.18. The first-order valence-corrected chi connectivity index (χ1v) is 7.39.